The molecule has 1 N–H and O–H groups in total. The van der Waals surface area contributed by atoms with E-state index in [2.05, 4.69) is 9.62 Å². The topological polar surface area (TPSA) is 52.7 Å². The highest BCUT2D eigenvalue weighted by atomic mass is 32.2. The molecule has 0 aromatic heterocycles. The van der Waals surface area contributed by atoms with Crippen LogP contribution >= 0.6 is 0 Å². The highest BCUT2D eigenvalue weighted by Crippen LogP contribution is 2.10. The van der Waals surface area contributed by atoms with Gasteiger partial charge in [0.15, 0.2) is 0 Å². The van der Waals surface area contributed by atoms with Gasteiger partial charge in [0, 0.05) is 38.9 Å². The first-order valence-corrected chi connectivity index (χ1v) is 8.27. The normalized spacial score (nSPS) is 12.1. The summed E-state index contributed by atoms with van der Waals surface area (Å²) in [5, 5.41) is 0. The van der Waals surface area contributed by atoms with Crippen molar-refractivity contribution in [1.82, 2.24) is 9.03 Å². The lowest BCUT2D eigenvalue weighted by Crippen LogP contribution is -2.42. The van der Waals surface area contributed by atoms with Gasteiger partial charge in [-0.05, 0) is 32.4 Å². The summed E-state index contributed by atoms with van der Waals surface area (Å²) in [5.41, 5.74) is 1.13. The number of hydrogen-bond acceptors (Lipinski definition) is 3. The molecule has 5 nitrogen and oxygen atoms in total. The Labute approximate surface area is 122 Å². The minimum Gasteiger partial charge on any atom is -0.375 e. The Morgan fingerprint density at radius 3 is 2.30 bits per heavy atom. The minimum atomic E-state index is -3.36. The Kier molecular flexibility index (Phi) is 6.45. The van der Waals surface area contributed by atoms with Crippen molar-refractivity contribution >= 4 is 15.9 Å². The van der Waals surface area contributed by atoms with Crippen molar-refractivity contribution in [3.63, 3.8) is 0 Å². The lowest BCUT2D eigenvalue weighted by atomic mass is 10.3. The van der Waals surface area contributed by atoms with Crippen LogP contribution in [0.25, 0.3) is 0 Å². The van der Waals surface area contributed by atoms with Crippen molar-refractivity contribution in [3.05, 3.63) is 30.3 Å². The molecular weight excluding hydrogens is 274 g/mol. The molecule has 0 bridgehead atoms. The summed E-state index contributed by atoms with van der Waals surface area (Å²) in [5.74, 6) is 0. The minimum absolute atomic E-state index is 0.0421. The highest BCUT2D eigenvalue weighted by Gasteiger charge is 2.19. The van der Waals surface area contributed by atoms with Gasteiger partial charge >= 0.3 is 0 Å². The van der Waals surface area contributed by atoms with Gasteiger partial charge in [-0.3, -0.25) is 0 Å². The predicted molar refractivity (Wildman–Crippen MR) is 84.2 cm³/mol. The second-order valence-corrected chi connectivity index (χ2v) is 6.93. The first-order valence-electron chi connectivity index (χ1n) is 6.83. The molecule has 0 unspecified atom stereocenters. The van der Waals surface area contributed by atoms with Crippen LogP contribution in [0.2, 0.25) is 0 Å². The second kappa shape index (κ2) is 7.61. The molecule has 0 atom stereocenters. The number of anilines is 1. The van der Waals surface area contributed by atoms with Crippen molar-refractivity contribution in [1.29, 1.82) is 0 Å². The summed E-state index contributed by atoms with van der Waals surface area (Å²) in [7, 11) is 0.233. The van der Waals surface area contributed by atoms with Crippen LogP contribution in [0.1, 0.15) is 20.3 Å². The summed E-state index contributed by atoms with van der Waals surface area (Å²) < 4.78 is 27.7. The van der Waals surface area contributed by atoms with Gasteiger partial charge in [-0.2, -0.15) is 12.7 Å². The quantitative estimate of drug-likeness (QED) is 0.743. The third kappa shape index (κ3) is 5.11. The van der Waals surface area contributed by atoms with Gasteiger partial charge in [-0.1, -0.05) is 18.2 Å². The molecule has 0 saturated heterocycles. The fourth-order valence-electron chi connectivity index (χ4n) is 1.71. The molecule has 1 aromatic rings. The first-order chi connectivity index (χ1) is 9.34. The largest absolute Gasteiger partial charge is 0.375 e. The molecule has 0 radical (unpaired) electrons. The van der Waals surface area contributed by atoms with E-state index < -0.39 is 10.2 Å². The molecule has 0 saturated carbocycles. The number of hydrogen-bond donors (Lipinski definition) is 1. The number of benzene rings is 1. The van der Waals surface area contributed by atoms with Crippen LogP contribution in [0.15, 0.2) is 30.3 Å². The van der Waals surface area contributed by atoms with Gasteiger partial charge in [0.25, 0.3) is 10.2 Å². The third-order valence-electron chi connectivity index (χ3n) is 3.26. The van der Waals surface area contributed by atoms with E-state index in [1.165, 1.54) is 4.31 Å². The molecule has 0 aliphatic carbocycles. The average molecular weight is 299 g/mol. The van der Waals surface area contributed by atoms with E-state index in [1.807, 2.05) is 51.2 Å². The van der Waals surface area contributed by atoms with E-state index in [4.69, 9.17) is 0 Å². The van der Waals surface area contributed by atoms with Crippen LogP contribution in [-0.4, -0.2) is 45.9 Å². The molecule has 0 fully saturated rings. The SMILES string of the molecule is CC(C)N(C)S(=O)(=O)NCCCN(C)c1ccccc1. The number of nitrogens with one attached hydrogen (secondary N) is 1. The maximum atomic E-state index is 11.9. The number of para-hydroxylation sites is 1. The summed E-state index contributed by atoms with van der Waals surface area (Å²) in [6, 6.07) is 10.00. The molecule has 1 rings (SSSR count). The van der Waals surface area contributed by atoms with Gasteiger partial charge in [-0.25, -0.2) is 4.72 Å². The Hall–Kier alpha value is -1.11. The lowest BCUT2D eigenvalue weighted by Gasteiger charge is -2.22. The fourth-order valence-corrected chi connectivity index (χ4v) is 2.87. The molecule has 114 valence electrons. The first kappa shape index (κ1) is 16.9. The van der Waals surface area contributed by atoms with Crippen molar-refractivity contribution in [3.8, 4) is 0 Å². The molecule has 6 heteroatoms. The Bertz CT molecular complexity index is 488. The Morgan fingerprint density at radius 2 is 1.75 bits per heavy atom. The van der Waals surface area contributed by atoms with E-state index in [9.17, 15) is 8.42 Å². The molecule has 0 spiro atoms. The van der Waals surface area contributed by atoms with Crippen LogP contribution in [0.4, 0.5) is 5.69 Å². The molecule has 1 aromatic carbocycles. The van der Waals surface area contributed by atoms with Crippen LogP contribution in [0, 0.1) is 0 Å². The molecule has 0 amide bonds. The molecular formula is C14H25N3O2S. The fraction of sp³-hybridized carbons (Fsp3) is 0.571. The summed E-state index contributed by atoms with van der Waals surface area (Å²) in [4.78, 5) is 2.11. The zero-order valence-corrected chi connectivity index (χ0v) is 13.5. The van der Waals surface area contributed by atoms with Crippen molar-refractivity contribution in [2.24, 2.45) is 0 Å². The Balaban J connectivity index is 2.35. The van der Waals surface area contributed by atoms with Crippen molar-refractivity contribution < 1.29 is 8.42 Å². The van der Waals surface area contributed by atoms with E-state index in [-0.39, 0.29) is 6.04 Å². The van der Waals surface area contributed by atoms with Crippen molar-refractivity contribution in [2.75, 3.05) is 32.1 Å². The van der Waals surface area contributed by atoms with E-state index in [0.717, 1.165) is 18.7 Å². The van der Waals surface area contributed by atoms with Crippen LogP contribution in [0.3, 0.4) is 0 Å². The standard InChI is InChI=1S/C14H25N3O2S/c1-13(2)17(4)20(18,19)15-11-8-12-16(3)14-9-6-5-7-10-14/h5-7,9-10,13,15H,8,11-12H2,1-4H3. The van der Waals surface area contributed by atoms with Gasteiger partial charge in [-0.15, -0.1) is 0 Å². The van der Waals surface area contributed by atoms with Crippen LogP contribution in [0.5, 0.6) is 0 Å². The maximum absolute atomic E-state index is 11.9. The predicted octanol–water partition coefficient (Wildman–Crippen LogP) is 1.69. The number of rotatable bonds is 8. The second-order valence-electron chi connectivity index (χ2n) is 5.12. The molecule has 0 heterocycles. The van der Waals surface area contributed by atoms with Crippen LogP contribution < -0.4 is 9.62 Å². The highest BCUT2D eigenvalue weighted by molar-refractivity contribution is 7.87. The summed E-state index contributed by atoms with van der Waals surface area (Å²) in [6.45, 7) is 4.94. The van der Waals surface area contributed by atoms with Crippen LogP contribution in [-0.2, 0) is 10.2 Å². The molecule has 0 aliphatic heterocycles. The summed E-state index contributed by atoms with van der Waals surface area (Å²) in [6.07, 6.45) is 0.760. The zero-order valence-electron chi connectivity index (χ0n) is 12.7. The summed E-state index contributed by atoms with van der Waals surface area (Å²) >= 11 is 0. The van der Waals surface area contributed by atoms with E-state index in [0.29, 0.717) is 6.54 Å². The van der Waals surface area contributed by atoms with Gasteiger partial charge in [0.2, 0.25) is 0 Å². The third-order valence-corrected chi connectivity index (χ3v) is 5.01. The Morgan fingerprint density at radius 1 is 1.15 bits per heavy atom. The average Bonchev–Trinajstić information content (AvgIpc) is 2.43. The zero-order chi connectivity index (χ0) is 15.2. The monoisotopic (exact) mass is 299 g/mol. The maximum Gasteiger partial charge on any atom is 0.279 e. The van der Waals surface area contributed by atoms with E-state index in [1.54, 1.807) is 7.05 Å². The van der Waals surface area contributed by atoms with E-state index >= 15 is 0 Å². The van der Waals surface area contributed by atoms with Gasteiger partial charge in [0.1, 0.15) is 0 Å². The lowest BCUT2D eigenvalue weighted by molar-refractivity contribution is 0.402. The van der Waals surface area contributed by atoms with Gasteiger partial charge in [0.05, 0.1) is 0 Å². The van der Waals surface area contributed by atoms with Gasteiger partial charge < -0.3 is 4.90 Å². The number of nitrogens with zero attached hydrogens (tertiary/aromatic N) is 2. The molecule has 0 aliphatic rings. The van der Waals surface area contributed by atoms with Crippen molar-refractivity contribution in [2.45, 2.75) is 26.3 Å². The smallest absolute Gasteiger partial charge is 0.279 e. The molecule has 20 heavy (non-hydrogen) atoms.